The summed E-state index contributed by atoms with van der Waals surface area (Å²) >= 11 is 1.65. The second-order valence-electron chi connectivity index (χ2n) is 6.16. The van der Waals surface area contributed by atoms with Gasteiger partial charge in [-0.2, -0.15) is 5.10 Å². The summed E-state index contributed by atoms with van der Waals surface area (Å²) in [5.74, 6) is 0. The van der Waals surface area contributed by atoms with Gasteiger partial charge in [0.25, 0.3) is 0 Å². The SMILES string of the molecule is Cc1ccc(C2=NN(c3nc(C)cs3)C(c3ccccc3)C2)cc1. The van der Waals surface area contributed by atoms with Crippen molar-refractivity contribution in [3.63, 3.8) is 0 Å². The van der Waals surface area contributed by atoms with Crippen molar-refractivity contribution in [1.29, 1.82) is 0 Å². The standard InChI is InChI=1S/C20H19N3S/c1-14-8-10-16(11-9-14)18-12-19(17-6-4-3-5-7-17)23(22-18)20-21-15(2)13-24-20/h3-11,13,19H,12H2,1-2H3. The molecule has 1 atom stereocenters. The molecule has 0 fully saturated rings. The van der Waals surface area contributed by atoms with Crippen LogP contribution in [-0.4, -0.2) is 10.7 Å². The van der Waals surface area contributed by atoms with E-state index >= 15 is 0 Å². The molecule has 24 heavy (non-hydrogen) atoms. The Morgan fingerprint density at radius 1 is 1.00 bits per heavy atom. The molecule has 0 saturated heterocycles. The molecule has 2 heterocycles. The van der Waals surface area contributed by atoms with Crippen LogP contribution in [0.3, 0.4) is 0 Å². The number of rotatable bonds is 3. The van der Waals surface area contributed by atoms with Crippen molar-refractivity contribution in [3.8, 4) is 0 Å². The summed E-state index contributed by atoms with van der Waals surface area (Å²) in [6.07, 6.45) is 0.895. The minimum Gasteiger partial charge on any atom is -0.231 e. The van der Waals surface area contributed by atoms with Crippen molar-refractivity contribution in [2.75, 3.05) is 5.01 Å². The first kappa shape index (κ1) is 15.1. The number of aryl methyl sites for hydroxylation is 2. The van der Waals surface area contributed by atoms with Crippen molar-refractivity contribution in [1.82, 2.24) is 4.98 Å². The van der Waals surface area contributed by atoms with E-state index in [1.54, 1.807) is 11.3 Å². The largest absolute Gasteiger partial charge is 0.231 e. The van der Waals surface area contributed by atoms with Crippen LogP contribution in [0.5, 0.6) is 0 Å². The molecular weight excluding hydrogens is 314 g/mol. The highest BCUT2D eigenvalue weighted by Crippen LogP contribution is 2.37. The molecule has 3 nitrogen and oxygen atoms in total. The maximum absolute atomic E-state index is 4.93. The van der Waals surface area contributed by atoms with Crippen molar-refractivity contribution in [2.45, 2.75) is 26.3 Å². The second-order valence-corrected chi connectivity index (χ2v) is 7.00. The highest BCUT2D eigenvalue weighted by Gasteiger charge is 2.31. The fourth-order valence-electron chi connectivity index (χ4n) is 2.99. The van der Waals surface area contributed by atoms with Gasteiger partial charge in [0.05, 0.1) is 17.4 Å². The minimum absolute atomic E-state index is 0.202. The molecule has 4 rings (SSSR count). The van der Waals surface area contributed by atoms with Crippen molar-refractivity contribution >= 4 is 22.2 Å². The summed E-state index contributed by atoms with van der Waals surface area (Å²) in [6, 6.07) is 19.4. The van der Waals surface area contributed by atoms with Crippen molar-refractivity contribution < 1.29 is 0 Å². The topological polar surface area (TPSA) is 28.5 Å². The van der Waals surface area contributed by atoms with Crippen LogP contribution in [0, 0.1) is 13.8 Å². The lowest BCUT2D eigenvalue weighted by Crippen LogP contribution is -2.18. The zero-order valence-electron chi connectivity index (χ0n) is 13.8. The van der Waals surface area contributed by atoms with Crippen LogP contribution in [0.4, 0.5) is 5.13 Å². The molecule has 0 spiro atoms. The van der Waals surface area contributed by atoms with E-state index in [2.05, 4.69) is 76.9 Å². The van der Waals surface area contributed by atoms with Gasteiger partial charge in [-0.3, -0.25) is 0 Å². The van der Waals surface area contributed by atoms with Crippen LogP contribution in [0.15, 0.2) is 65.1 Å². The highest BCUT2D eigenvalue weighted by molar-refractivity contribution is 7.13. The molecule has 4 heteroatoms. The maximum atomic E-state index is 4.93. The Morgan fingerprint density at radius 3 is 2.42 bits per heavy atom. The number of hydrogen-bond acceptors (Lipinski definition) is 4. The van der Waals surface area contributed by atoms with Crippen LogP contribution >= 0.6 is 11.3 Å². The summed E-state index contributed by atoms with van der Waals surface area (Å²) in [7, 11) is 0. The highest BCUT2D eigenvalue weighted by atomic mass is 32.1. The average Bonchev–Trinajstić information content (AvgIpc) is 3.23. The van der Waals surface area contributed by atoms with Gasteiger partial charge in [0.15, 0.2) is 0 Å². The fourth-order valence-corrected chi connectivity index (χ4v) is 3.79. The number of thiazole rings is 1. The first-order chi connectivity index (χ1) is 11.7. The molecular formula is C20H19N3S. The summed E-state index contributed by atoms with van der Waals surface area (Å²) in [5.41, 5.74) is 5.90. The Hall–Kier alpha value is -2.46. The lowest BCUT2D eigenvalue weighted by molar-refractivity contribution is 0.705. The van der Waals surface area contributed by atoms with Crippen LogP contribution in [0.1, 0.15) is 34.8 Å². The monoisotopic (exact) mass is 333 g/mol. The summed E-state index contributed by atoms with van der Waals surface area (Å²) in [6.45, 7) is 4.13. The molecule has 0 N–H and O–H groups in total. The molecule has 0 amide bonds. The van der Waals surface area contributed by atoms with E-state index in [1.165, 1.54) is 16.7 Å². The number of nitrogens with zero attached hydrogens (tertiary/aromatic N) is 3. The first-order valence-corrected chi connectivity index (χ1v) is 8.99. The van der Waals surface area contributed by atoms with Gasteiger partial charge in [-0.1, -0.05) is 60.2 Å². The van der Waals surface area contributed by atoms with Crippen molar-refractivity contribution in [3.05, 3.63) is 82.4 Å². The Bertz CT molecular complexity index is 865. The van der Waals surface area contributed by atoms with Crippen LogP contribution in [0.2, 0.25) is 0 Å². The number of anilines is 1. The van der Waals surface area contributed by atoms with Gasteiger partial charge >= 0.3 is 0 Å². The van der Waals surface area contributed by atoms with E-state index in [-0.39, 0.29) is 6.04 Å². The van der Waals surface area contributed by atoms with E-state index in [9.17, 15) is 0 Å². The number of benzene rings is 2. The fraction of sp³-hybridized carbons (Fsp3) is 0.200. The quantitative estimate of drug-likeness (QED) is 0.666. The van der Waals surface area contributed by atoms with Gasteiger partial charge in [0.2, 0.25) is 5.13 Å². The third-order valence-corrected chi connectivity index (χ3v) is 5.23. The first-order valence-electron chi connectivity index (χ1n) is 8.11. The van der Waals surface area contributed by atoms with Crippen LogP contribution < -0.4 is 5.01 Å². The van der Waals surface area contributed by atoms with E-state index in [1.807, 2.05) is 6.92 Å². The molecule has 0 aliphatic carbocycles. The molecule has 1 unspecified atom stereocenters. The predicted molar refractivity (Wildman–Crippen MR) is 101 cm³/mol. The van der Waals surface area contributed by atoms with Gasteiger partial charge in [-0.05, 0) is 25.0 Å². The average molecular weight is 333 g/mol. The molecule has 1 aliphatic heterocycles. The molecule has 1 aromatic heterocycles. The molecule has 120 valence electrons. The minimum atomic E-state index is 0.202. The number of hydrogen-bond donors (Lipinski definition) is 0. The summed E-state index contributed by atoms with van der Waals surface area (Å²) in [5, 5.41) is 10.1. The second kappa shape index (κ2) is 6.21. The Morgan fingerprint density at radius 2 is 1.75 bits per heavy atom. The number of hydrazone groups is 1. The van der Waals surface area contributed by atoms with E-state index in [4.69, 9.17) is 5.10 Å². The lowest BCUT2D eigenvalue weighted by Gasteiger charge is -2.21. The molecule has 2 aromatic carbocycles. The Labute approximate surface area is 146 Å². The molecule has 1 aliphatic rings. The molecule has 3 aromatic rings. The normalized spacial score (nSPS) is 17.2. The van der Waals surface area contributed by atoms with E-state index in [0.29, 0.717) is 0 Å². The smallest absolute Gasteiger partial charge is 0.206 e. The van der Waals surface area contributed by atoms with Gasteiger partial charge in [0, 0.05) is 11.8 Å². The van der Waals surface area contributed by atoms with Crippen molar-refractivity contribution in [2.24, 2.45) is 5.10 Å². The van der Waals surface area contributed by atoms with Gasteiger partial charge in [-0.15, -0.1) is 11.3 Å². The Kier molecular flexibility index (Phi) is 3.90. The van der Waals surface area contributed by atoms with E-state index < -0.39 is 0 Å². The Balaban J connectivity index is 1.74. The van der Waals surface area contributed by atoms with Crippen LogP contribution in [0.25, 0.3) is 0 Å². The summed E-state index contributed by atoms with van der Waals surface area (Å²) < 4.78 is 0. The molecule has 0 bridgehead atoms. The maximum Gasteiger partial charge on any atom is 0.206 e. The van der Waals surface area contributed by atoms with Gasteiger partial charge in [0.1, 0.15) is 0 Å². The third-order valence-electron chi connectivity index (χ3n) is 4.28. The lowest BCUT2D eigenvalue weighted by atomic mass is 9.98. The van der Waals surface area contributed by atoms with Gasteiger partial charge < -0.3 is 0 Å². The zero-order chi connectivity index (χ0) is 16.5. The third kappa shape index (κ3) is 2.85. The molecule has 0 radical (unpaired) electrons. The molecule has 0 saturated carbocycles. The summed E-state index contributed by atoms with van der Waals surface area (Å²) in [4.78, 5) is 4.65. The van der Waals surface area contributed by atoms with Crippen LogP contribution in [-0.2, 0) is 0 Å². The van der Waals surface area contributed by atoms with Gasteiger partial charge in [-0.25, -0.2) is 9.99 Å². The van der Waals surface area contributed by atoms with E-state index in [0.717, 1.165) is 23.0 Å². The number of aromatic nitrogens is 1. The predicted octanol–water partition coefficient (Wildman–Crippen LogP) is 5.12. The zero-order valence-corrected chi connectivity index (χ0v) is 14.6.